The molecule has 20 heavy (non-hydrogen) atoms. The average Bonchev–Trinajstić information content (AvgIpc) is 2.48. The molecule has 104 valence electrons. The fourth-order valence-electron chi connectivity index (χ4n) is 2.72. The van der Waals surface area contributed by atoms with Gasteiger partial charge >= 0.3 is 0 Å². The minimum Gasteiger partial charge on any atom is -0.396 e. The van der Waals surface area contributed by atoms with Crippen molar-refractivity contribution in [3.63, 3.8) is 0 Å². The molecule has 0 radical (unpaired) electrons. The molecule has 0 spiro atoms. The summed E-state index contributed by atoms with van der Waals surface area (Å²) >= 11 is 0. The van der Waals surface area contributed by atoms with Crippen molar-refractivity contribution in [2.45, 2.75) is 12.5 Å². The second kappa shape index (κ2) is 5.51. The van der Waals surface area contributed by atoms with Gasteiger partial charge in [-0.15, -0.1) is 0 Å². The Bertz CT molecular complexity index is 600. The number of rotatable bonds is 3. The first-order valence-electron chi connectivity index (χ1n) is 6.86. The van der Waals surface area contributed by atoms with Gasteiger partial charge in [-0.05, 0) is 23.6 Å². The zero-order valence-electron chi connectivity index (χ0n) is 11.6. The third-order valence-corrected chi connectivity index (χ3v) is 3.77. The van der Waals surface area contributed by atoms with Gasteiger partial charge in [-0.1, -0.05) is 24.3 Å². The van der Waals surface area contributed by atoms with Crippen LogP contribution in [0.3, 0.4) is 0 Å². The first-order valence-corrected chi connectivity index (χ1v) is 6.86. The lowest BCUT2D eigenvalue weighted by Crippen LogP contribution is -2.29. The van der Waals surface area contributed by atoms with E-state index in [1.807, 2.05) is 13.1 Å². The number of anilines is 2. The number of nitrogens with two attached hydrogens (primary N) is 1. The molecular weight excluding hydrogens is 250 g/mol. The number of hydrogen-bond acceptors (Lipinski definition) is 4. The summed E-state index contributed by atoms with van der Waals surface area (Å²) < 4.78 is 5.94. The quantitative estimate of drug-likeness (QED) is 0.929. The molecule has 1 aromatic carbocycles. The molecule has 0 bridgehead atoms. The molecule has 4 nitrogen and oxygen atoms in total. The molecule has 0 saturated heterocycles. The van der Waals surface area contributed by atoms with Gasteiger partial charge in [0.1, 0.15) is 6.10 Å². The maximum atomic E-state index is 5.98. The molecule has 4 heteroatoms. The van der Waals surface area contributed by atoms with Gasteiger partial charge in [0, 0.05) is 19.8 Å². The Morgan fingerprint density at radius 1 is 1.35 bits per heavy atom. The fraction of sp³-hybridized carbons (Fsp3) is 0.312. The molecule has 2 N–H and O–H groups in total. The minimum absolute atomic E-state index is 0.0949. The highest BCUT2D eigenvalue weighted by Crippen LogP contribution is 2.29. The van der Waals surface area contributed by atoms with E-state index in [4.69, 9.17) is 10.5 Å². The highest BCUT2D eigenvalue weighted by molar-refractivity contribution is 5.65. The van der Waals surface area contributed by atoms with Gasteiger partial charge in [0.15, 0.2) is 0 Å². The molecule has 1 aliphatic heterocycles. The van der Waals surface area contributed by atoms with E-state index in [0.717, 1.165) is 25.3 Å². The Morgan fingerprint density at radius 2 is 2.20 bits per heavy atom. The average molecular weight is 269 g/mol. The highest BCUT2D eigenvalue weighted by Gasteiger charge is 2.22. The lowest BCUT2D eigenvalue weighted by Gasteiger charge is -2.31. The Balaban J connectivity index is 1.81. The molecule has 1 unspecified atom stereocenters. The zero-order chi connectivity index (χ0) is 13.9. The van der Waals surface area contributed by atoms with Gasteiger partial charge in [0.2, 0.25) is 0 Å². The van der Waals surface area contributed by atoms with Crippen LogP contribution in [0.2, 0.25) is 0 Å². The van der Waals surface area contributed by atoms with E-state index in [1.165, 1.54) is 11.1 Å². The van der Waals surface area contributed by atoms with Crippen molar-refractivity contribution in [1.29, 1.82) is 0 Å². The van der Waals surface area contributed by atoms with Gasteiger partial charge in [0.05, 0.1) is 24.2 Å². The summed E-state index contributed by atoms with van der Waals surface area (Å²) in [6.07, 6.45) is 4.53. The Kier molecular flexibility index (Phi) is 3.56. The van der Waals surface area contributed by atoms with Crippen LogP contribution in [0.15, 0.2) is 42.7 Å². The van der Waals surface area contributed by atoms with Crippen molar-refractivity contribution < 1.29 is 4.74 Å². The summed E-state index contributed by atoms with van der Waals surface area (Å²) in [7, 11) is 2.03. The maximum absolute atomic E-state index is 5.98. The van der Waals surface area contributed by atoms with E-state index in [9.17, 15) is 0 Å². The Morgan fingerprint density at radius 3 is 3.05 bits per heavy atom. The van der Waals surface area contributed by atoms with Crippen molar-refractivity contribution in [3.8, 4) is 0 Å². The lowest BCUT2D eigenvalue weighted by atomic mass is 9.97. The standard InChI is InChI=1S/C16H19N3O/c1-19(15-6-8-18-10-14(15)17)11-16-13-5-3-2-4-12(13)7-9-20-16/h2-6,8,10,16H,7,9,11,17H2,1H3. The van der Waals surface area contributed by atoms with Crippen molar-refractivity contribution in [1.82, 2.24) is 4.98 Å². The van der Waals surface area contributed by atoms with Crippen LogP contribution in [0.1, 0.15) is 17.2 Å². The second-order valence-corrected chi connectivity index (χ2v) is 5.12. The lowest BCUT2D eigenvalue weighted by molar-refractivity contribution is 0.0478. The maximum Gasteiger partial charge on any atom is 0.100 e. The van der Waals surface area contributed by atoms with Crippen molar-refractivity contribution >= 4 is 11.4 Å². The second-order valence-electron chi connectivity index (χ2n) is 5.12. The van der Waals surface area contributed by atoms with Crippen molar-refractivity contribution in [2.75, 3.05) is 30.8 Å². The highest BCUT2D eigenvalue weighted by atomic mass is 16.5. The summed E-state index contributed by atoms with van der Waals surface area (Å²) in [4.78, 5) is 6.16. The molecule has 0 fully saturated rings. The van der Waals surface area contributed by atoms with E-state index in [1.54, 1.807) is 12.4 Å². The molecule has 2 aromatic rings. The van der Waals surface area contributed by atoms with Crippen LogP contribution >= 0.6 is 0 Å². The van der Waals surface area contributed by atoms with E-state index in [2.05, 4.69) is 34.1 Å². The molecular formula is C16H19N3O. The van der Waals surface area contributed by atoms with Gasteiger partial charge in [-0.2, -0.15) is 0 Å². The first-order chi connectivity index (χ1) is 9.75. The number of ether oxygens (including phenoxy) is 1. The van der Waals surface area contributed by atoms with Crippen molar-refractivity contribution in [2.24, 2.45) is 0 Å². The molecule has 0 amide bonds. The Labute approximate surface area is 119 Å². The van der Waals surface area contributed by atoms with Crippen LogP contribution in [0, 0.1) is 0 Å². The monoisotopic (exact) mass is 269 g/mol. The van der Waals surface area contributed by atoms with Crippen LogP contribution in [-0.2, 0) is 11.2 Å². The van der Waals surface area contributed by atoms with Gasteiger partial charge in [-0.25, -0.2) is 0 Å². The fourth-order valence-corrected chi connectivity index (χ4v) is 2.72. The summed E-state index contributed by atoms with van der Waals surface area (Å²) in [5.41, 5.74) is 10.3. The number of likely N-dealkylation sites (N-methyl/N-ethyl adjacent to an activating group) is 1. The number of nitrogens with zero attached hydrogens (tertiary/aromatic N) is 2. The van der Waals surface area contributed by atoms with Gasteiger partial charge < -0.3 is 15.4 Å². The predicted octanol–water partition coefficient (Wildman–Crippen LogP) is 2.41. The van der Waals surface area contributed by atoms with Crippen LogP contribution in [0.25, 0.3) is 0 Å². The summed E-state index contributed by atoms with van der Waals surface area (Å²) in [6, 6.07) is 10.4. The summed E-state index contributed by atoms with van der Waals surface area (Å²) in [5.74, 6) is 0. The normalized spacial score (nSPS) is 17.6. The van der Waals surface area contributed by atoms with Crippen molar-refractivity contribution in [3.05, 3.63) is 53.9 Å². The molecule has 2 heterocycles. The van der Waals surface area contributed by atoms with E-state index >= 15 is 0 Å². The predicted molar refractivity (Wildman–Crippen MR) is 80.8 cm³/mol. The van der Waals surface area contributed by atoms with Crippen LogP contribution in [0.5, 0.6) is 0 Å². The molecule has 1 atom stereocenters. The number of aromatic nitrogens is 1. The molecule has 1 aromatic heterocycles. The number of nitrogen functional groups attached to an aromatic ring is 1. The molecule has 0 saturated carbocycles. The molecule has 1 aliphatic rings. The summed E-state index contributed by atoms with van der Waals surface area (Å²) in [5, 5.41) is 0. The first kappa shape index (κ1) is 12.9. The number of pyridine rings is 1. The zero-order valence-corrected chi connectivity index (χ0v) is 11.6. The van der Waals surface area contributed by atoms with Crippen LogP contribution in [-0.4, -0.2) is 25.2 Å². The van der Waals surface area contributed by atoms with Gasteiger partial charge in [-0.3, -0.25) is 4.98 Å². The van der Waals surface area contributed by atoms with E-state index < -0.39 is 0 Å². The number of hydrogen-bond donors (Lipinski definition) is 1. The molecule has 0 aliphatic carbocycles. The third kappa shape index (κ3) is 2.47. The smallest absolute Gasteiger partial charge is 0.100 e. The Hall–Kier alpha value is -2.07. The largest absolute Gasteiger partial charge is 0.396 e. The van der Waals surface area contributed by atoms with Crippen LogP contribution in [0.4, 0.5) is 11.4 Å². The summed E-state index contributed by atoms with van der Waals surface area (Å²) in [6.45, 7) is 1.56. The van der Waals surface area contributed by atoms with E-state index in [0.29, 0.717) is 5.69 Å². The SMILES string of the molecule is CN(CC1OCCc2ccccc21)c1ccncc1N. The minimum atomic E-state index is 0.0949. The van der Waals surface area contributed by atoms with E-state index in [-0.39, 0.29) is 6.10 Å². The third-order valence-electron chi connectivity index (χ3n) is 3.77. The number of fused-ring (bicyclic) bond motifs is 1. The number of benzene rings is 1. The molecule has 3 rings (SSSR count). The topological polar surface area (TPSA) is 51.4 Å². The van der Waals surface area contributed by atoms with Gasteiger partial charge in [0.25, 0.3) is 0 Å². The van der Waals surface area contributed by atoms with Crippen LogP contribution < -0.4 is 10.6 Å².